The highest BCUT2D eigenvalue weighted by atomic mass is 16.5. The molecular formula is C34H33N3O3. The lowest BCUT2D eigenvalue weighted by atomic mass is 9.91. The molecule has 1 atom stereocenters. The maximum atomic E-state index is 12.7. The number of aryl methyl sites for hydroxylation is 2. The van der Waals surface area contributed by atoms with E-state index < -0.39 is 6.04 Å². The van der Waals surface area contributed by atoms with Crippen LogP contribution in [0, 0.1) is 32.1 Å². The summed E-state index contributed by atoms with van der Waals surface area (Å²) in [7, 11) is 1.42. The number of hydrogen-bond donors (Lipinski definition) is 0. The largest absolute Gasteiger partial charge is 0.489 e. The normalized spacial score (nSPS) is 14.7. The van der Waals surface area contributed by atoms with Gasteiger partial charge in [0.1, 0.15) is 24.5 Å². The van der Waals surface area contributed by atoms with Crippen molar-refractivity contribution in [1.82, 2.24) is 9.88 Å². The third-order valence-electron chi connectivity index (χ3n) is 7.78. The number of methoxy groups -OCH3 is 1. The van der Waals surface area contributed by atoms with Gasteiger partial charge >= 0.3 is 5.97 Å². The lowest BCUT2D eigenvalue weighted by Crippen LogP contribution is -2.45. The fraction of sp³-hybridized carbons (Fsp3) is 0.265. The zero-order valence-corrected chi connectivity index (χ0v) is 23.4. The maximum Gasteiger partial charge on any atom is 0.323 e. The molecule has 1 aromatic heterocycles. The summed E-state index contributed by atoms with van der Waals surface area (Å²) in [5, 5.41) is 9.26. The molecule has 0 spiro atoms. The van der Waals surface area contributed by atoms with Crippen molar-refractivity contribution in [1.29, 1.82) is 5.26 Å². The van der Waals surface area contributed by atoms with Gasteiger partial charge in [-0.25, -0.2) is 0 Å². The van der Waals surface area contributed by atoms with Gasteiger partial charge in [-0.2, -0.15) is 5.26 Å². The van der Waals surface area contributed by atoms with Gasteiger partial charge in [0, 0.05) is 25.5 Å². The summed E-state index contributed by atoms with van der Waals surface area (Å²) in [5.74, 6) is 0.523. The summed E-state index contributed by atoms with van der Waals surface area (Å²) in [5.41, 5.74) is 11.0. The highest BCUT2D eigenvalue weighted by Gasteiger charge is 2.32. The zero-order valence-electron chi connectivity index (χ0n) is 23.4. The van der Waals surface area contributed by atoms with E-state index in [0.717, 1.165) is 28.0 Å². The first-order valence-electron chi connectivity index (χ1n) is 13.4. The number of pyridine rings is 1. The molecule has 0 saturated carbocycles. The number of aromatic nitrogens is 1. The molecule has 5 rings (SSSR count). The number of hydrogen-bond acceptors (Lipinski definition) is 6. The molecule has 0 bridgehead atoms. The molecule has 3 aromatic carbocycles. The molecule has 0 N–H and O–H groups in total. The van der Waals surface area contributed by atoms with Crippen LogP contribution in [0.25, 0.3) is 11.1 Å². The lowest BCUT2D eigenvalue weighted by Gasteiger charge is -2.35. The average molecular weight is 532 g/mol. The number of rotatable bonds is 7. The highest BCUT2D eigenvalue weighted by molar-refractivity contribution is 5.77. The quantitative estimate of drug-likeness (QED) is 0.263. The Labute approximate surface area is 235 Å². The monoisotopic (exact) mass is 531 g/mol. The number of benzene rings is 3. The first-order valence-corrected chi connectivity index (χ1v) is 13.4. The van der Waals surface area contributed by atoms with Crippen molar-refractivity contribution < 1.29 is 14.3 Å². The molecule has 2 heterocycles. The number of nitrogens with zero attached hydrogens (tertiary/aromatic N) is 3. The molecule has 0 saturated heterocycles. The highest BCUT2D eigenvalue weighted by Crippen LogP contribution is 2.33. The smallest absolute Gasteiger partial charge is 0.323 e. The second-order valence-electron chi connectivity index (χ2n) is 10.4. The van der Waals surface area contributed by atoms with E-state index in [0.29, 0.717) is 31.7 Å². The first-order chi connectivity index (χ1) is 19.4. The zero-order chi connectivity index (χ0) is 28.2. The molecule has 202 valence electrons. The van der Waals surface area contributed by atoms with E-state index in [4.69, 9.17) is 9.47 Å². The number of fused-ring (bicyclic) bond motifs is 1. The van der Waals surface area contributed by atoms with Crippen LogP contribution in [0.2, 0.25) is 0 Å². The van der Waals surface area contributed by atoms with Crippen LogP contribution in [-0.4, -0.2) is 29.0 Å². The van der Waals surface area contributed by atoms with Crippen LogP contribution in [0.3, 0.4) is 0 Å². The summed E-state index contributed by atoms with van der Waals surface area (Å²) in [4.78, 5) is 18.9. The summed E-state index contributed by atoms with van der Waals surface area (Å²) >= 11 is 0. The molecule has 4 aromatic rings. The second kappa shape index (κ2) is 11.7. The van der Waals surface area contributed by atoms with E-state index in [9.17, 15) is 10.1 Å². The van der Waals surface area contributed by atoms with E-state index >= 15 is 0 Å². The van der Waals surface area contributed by atoms with Crippen molar-refractivity contribution in [3.63, 3.8) is 0 Å². The fourth-order valence-corrected chi connectivity index (χ4v) is 5.62. The van der Waals surface area contributed by atoms with Crippen LogP contribution in [0.1, 0.15) is 44.5 Å². The minimum absolute atomic E-state index is 0.269. The van der Waals surface area contributed by atoms with Crippen LogP contribution < -0.4 is 4.74 Å². The average Bonchev–Trinajstić information content (AvgIpc) is 2.96. The summed E-state index contributed by atoms with van der Waals surface area (Å²) in [6.07, 6.45) is 3.82. The molecule has 0 unspecified atom stereocenters. The van der Waals surface area contributed by atoms with Gasteiger partial charge in [-0.15, -0.1) is 0 Å². The van der Waals surface area contributed by atoms with Crippen molar-refractivity contribution >= 4 is 5.97 Å². The Morgan fingerprint density at radius 3 is 2.55 bits per heavy atom. The van der Waals surface area contributed by atoms with Crippen molar-refractivity contribution in [3.05, 3.63) is 118 Å². The Morgan fingerprint density at radius 1 is 1.02 bits per heavy atom. The molecule has 6 nitrogen and oxygen atoms in total. The van der Waals surface area contributed by atoms with Gasteiger partial charge in [-0.3, -0.25) is 14.7 Å². The minimum atomic E-state index is -0.412. The number of esters is 1. The maximum absolute atomic E-state index is 12.7. The Kier molecular flexibility index (Phi) is 7.95. The molecule has 0 aliphatic carbocycles. The standard InChI is InChI=1S/C34H33N3O3/c1-22-7-5-8-23(2)33(22)31-10-6-9-28(24(31)3)21-40-30-12-11-27-15-32(34(38)39-4)37(20-29(27)14-30)19-26-13-25(16-35)17-36-18-26/h5-14,17-18,32H,15,19-21H2,1-4H3/t32-/m0/s1. The van der Waals surface area contributed by atoms with Crippen molar-refractivity contribution in [2.45, 2.75) is 52.9 Å². The van der Waals surface area contributed by atoms with E-state index in [-0.39, 0.29) is 5.97 Å². The molecule has 0 fully saturated rings. The number of ether oxygens (including phenoxy) is 2. The van der Waals surface area contributed by atoms with Gasteiger partial charge in [0.15, 0.2) is 0 Å². The third-order valence-corrected chi connectivity index (χ3v) is 7.78. The van der Waals surface area contributed by atoms with Crippen molar-refractivity contribution in [2.24, 2.45) is 0 Å². The Hall–Kier alpha value is -4.47. The molecule has 0 radical (unpaired) electrons. The molecule has 1 aliphatic rings. The Morgan fingerprint density at radius 2 is 1.80 bits per heavy atom. The van der Waals surface area contributed by atoms with Crippen LogP contribution >= 0.6 is 0 Å². The van der Waals surface area contributed by atoms with Crippen LogP contribution in [0.15, 0.2) is 73.1 Å². The van der Waals surface area contributed by atoms with Crippen LogP contribution in [0.5, 0.6) is 5.75 Å². The SMILES string of the molecule is COC(=O)[C@@H]1Cc2ccc(OCc3cccc(-c4c(C)cccc4C)c3C)cc2CN1Cc1cncc(C#N)c1. The molecule has 0 amide bonds. The molecule has 1 aliphatic heterocycles. The minimum Gasteiger partial charge on any atom is -0.489 e. The predicted molar refractivity (Wildman–Crippen MR) is 155 cm³/mol. The first kappa shape index (κ1) is 27.1. The Balaban J connectivity index is 1.36. The van der Waals surface area contributed by atoms with Gasteiger partial charge < -0.3 is 9.47 Å². The summed E-state index contributed by atoms with van der Waals surface area (Å²) in [6, 6.07) is 22.4. The van der Waals surface area contributed by atoms with Crippen LogP contribution in [0.4, 0.5) is 0 Å². The number of carbonyl (C=O) groups excluding carboxylic acids is 1. The molecular weight excluding hydrogens is 498 g/mol. The Bertz CT molecular complexity index is 1580. The van der Waals surface area contributed by atoms with Gasteiger partial charge in [-0.05, 0) is 95.5 Å². The van der Waals surface area contributed by atoms with Gasteiger partial charge in [0.05, 0.1) is 12.7 Å². The topological polar surface area (TPSA) is 75.5 Å². The van der Waals surface area contributed by atoms with Crippen molar-refractivity contribution in [3.8, 4) is 22.9 Å². The van der Waals surface area contributed by atoms with Gasteiger partial charge in [0.2, 0.25) is 0 Å². The fourth-order valence-electron chi connectivity index (χ4n) is 5.62. The predicted octanol–water partition coefficient (Wildman–Crippen LogP) is 6.22. The van der Waals surface area contributed by atoms with E-state index in [1.54, 1.807) is 6.20 Å². The van der Waals surface area contributed by atoms with E-state index in [1.807, 2.05) is 12.1 Å². The summed E-state index contributed by atoms with van der Waals surface area (Å²) < 4.78 is 11.4. The third kappa shape index (κ3) is 5.61. The molecule has 40 heavy (non-hydrogen) atoms. The number of nitriles is 1. The second-order valence-corrected chi connectivity index (χ2v) is 10.4. The van der Waals surface area contributed by atoms with Crippen molar-refractivity contribution in [2.75, 3.05) is 7.11 Å². The van der Waals surface area contributed by atoms with Gasteiger partial charge in [-0.1, -0.05) is 42.5 Å². The van der Waals surface area contributed by atoms with E-state index in [2.05, 4.69) is 85.3 Å². The van der Waals surface area contributed by atoms with Gasteiger partial charge in [0.25, 0.3) is 0 Å². The van der Waals surface area contributed by atoms with E-state index in [1.165, 1.54) is 41.1 Å². The molecule has 6 heteroatoms. The number of carbonyl (C=O) groups is 1. The lowest BCUT2D eigenvalue weighted by molar-refractivity contribution is -0.148. The van der Waals surface area contributed by atoms with Crippen LogP contribution in [-0.2, 0) is 35.6 Å². The summed E-state index contributed by atoms with van der Waals surface area (Å²) in [6.45, 7) is 7.98.